The van der Waals surface area contributed by atoms with Crippen molar-refractivity contribution in [3.05, 3.63) is 53.3 Å². The average molecular weight is 269 g/mol. The number of phenolic OH excluding ortho intramolecular Hbond substituents is 1. The van der Waals surface area contributed by atoms with Crippen LogP contribution >= 0.6 is 0 Å². The fourth-order valence-electron chi connectivity index (χ4n) is 2.41. The van der Waals surface area contributed by atoms with Gasteiger partial charge in [0, 0.05) is 13.1 Å². The number of nitrogens with zero attached hydrogens (tertiary/aromatic N) is 2. The van der Waals surface area contributed by atoms with Crippen molar-refractivity contribution in [3.8, 4) is 5.75 Å². The summed E-state index contributed by atoms with van der Waals surface area (Å²) in [7, 11) is 0. The molecule has 1 amide bonds. The van der Waals surface area contributed by atoms with E-state index in [9.17, 15) is 9.90 Å². The van der Waals surface area contributed by atoms with Crippen LogP contribution < -0.4 is 5.73 Å². The molecule has 0 spiro atoms. The molecule has 0 bridgehead atoms. The number of aromatic nitrogens is 1. The van der Waals surface area contributed by atoms with E-state index >= 15 is 0 Å². The van der Waals surface area contributed by atoms with Crippen LogP contribution in [0.15, 0.2) is 36.5 Å². The third-order valence-electron chi connectivity index (χ3n) is 3.49. The van der Waals surface area contributed by atoms with Crippen LogP contribution in [0.25, 0.3) is 0 Å². The molecule has 0 saturated carbocycles. The van der Waals surface area contributed by atoms with Crippen molar-refractivity contribution in [1.82, 2.24) is 9.88 Å². The molecule has 0 atom stereocenters. The first-order valence-electron chi connectivity index (χ1n) is 6.45. The summed E-state index contributed by atoms with van der Waals surface area (Å²) in [4.78, 5) is 18.2. The van der Waals surface area contributed by atoms with Crippen molar-refractivity contribution in [2.45, 2.75) is 13.0 Å². The Morgan fingerprint density at radius 3 is 2.85 bits per heavy atom. The molecule has 5 heteroatoms. The summed E-state index contributed by atoms with van der Waals surface area (Å²) >= 11 is 0. The highest BCUT2D eigenvalue weighted by molar-refractivity contribution is 5.92. The zero-order chi connectivity index (χ0) is 14.1. The first-order chi connectivity index (χ1) is 9.63. The Bertz CT molecular complexity index is 653. The molecule has 1 aliphatic heterocycles. The first kappa shape index (κ1) is 12.5. The Balaban J connectivity index is 1.82. The number of carbonyl (C=O) groups is 1. The van der Waals surface area contributed by atoms with E-state index in [2.05, 4.69) is 4.98 Å². The highest BCUT2D eigenvalue weighted by Gasteiger charge is 2.22. The van der Waals surface area contributed by atoms with Crippen LogP contribution in [0, 0.1) is 0 Å². The van der Waals surface area contributed by atoms with E-state index in [0.717, 1.165) is 12.0 Å². The lowest BCUT2D eigenvalue weighted by atomic mass is 9.99. The zero-order valence-corrected chi connectivity index (χ0v) is 10.9. The summed E-state index contributed by atoms with van der Waals surface area (Å²) in [5, 5.41) is 9.53. The van der Waals surface area contributed by atoms with Crippen molar-refractivity contribution in [2.24, 2.45) is 0 Å². The number of amides is 1. The maximum atomic E-state index is 12.4. The SMILES string of the molecule is Nc1ccc(C(=O)N2CCc3ccc(O)cc3C2)nc1. The van der Waals surface area contributed by atoms with Crippen molar-refractivity contribution in [3.63, 3.8) is 0 Å². The van der Waals surface area contributed by atoms with Gasteiger partial charge >= 0.3 is 0 Å². The second-order valence-corrected chi connectivity index (χ2v) is 4.91. The van der Waals surface area contributed by atoms with Crippen molar-refractivity contribution in [2.75, 3.05) is 12.3 Å². The third-order valence-corrected chi connectivity index (χ3v) is 3.49. The van der Waals surface area contributed by atoms with Gasteiger partial charge in [-0.2, -0.15) is 0 Å². The number of rotatable bonds is 1. The summed E-state index contributed by atoms with van der Waals surface area (Å²) in [6, 6.07) is 8.61. The molecule has 0 fully saturated rings. The van der Waals surface area contributed by atoms with E-state index in [1.165, 1.54) is 11.8 Å². The summed E-state index contributed by atoms with van der Waals surface area (Å²) in [5.41, 5.74) is 8.66. The lowest BCUT2D eigenvalue weighted by molar-refractivity contribution is 0.0728. The van der Waals surface area contributed by atoms with Gasteiger partial charge < -0.3 is 15.7 Å². The molecule has 5 nitrogen and oxygen atoms in total. The summed E-state index contributed by atoms with van der Waals surface area (Å²) in [6.45, 7) is 1.15. The standard InChI is InChI=1S/C15H15N3O2/c16-12-2-4-14(17-8-12)15(20)18-6-5-10-1-3-13(19)7-11(10)9-18/h1-4,7-8,19H,5-6,9,16H2. The van der Waals surface area contributed by atoms with Crippen LogP contribution in [-0.2, 0) is 13.0 Å². The molecule has 2 aromatic rings. The number of nitrogen functional groups attached to an aromatic ring is 1. The van der Waals surface area contributed by atoms with Crippen LogP contribution in [0.1, 0.15) is 21.6 Å². The molecule has 0 saturated heterocycles. The number of hydrogen-bond donors (Lipinski definition) is 2. The van der Waals surface area contributed by atoms with Crippen molar-refractivity contribution < 1.29 is 9.90 Å². The minimum absolute atomic E-state index is 0.112. The number of anilines is 1. The fourth-order valence-corrected chi connectivity index (χ4v) is 2.41. The molecule has 1 aromatic heterocycles. The van der Waals surface area contributed by atoms with Crippen molar-refractivity contribution >= 4 is 11.6 Å². The Morgan fingerprint density at radius 1 is 1.25 bits per heavy atom. The van der Waals surface area contributed by atoms with Gasteiger partial charge in [-0.1, -0.05) is 6.07 Å². The molecule has 1 aromatic carbocycles. The van der Waals surface area contributed by atoms with Crippen LogP contribution in [0.5, 0.6) is 5.75 Å². The number of benzene rings is 1. The van der Waals surface area contributed by atoms with Gasteiger partial charge in [-0.3, -0.25) is 4.79 Å². The van der Waals surface area contributed by atoms with Crippen LogP contribution in [0.3, 0.4) is 0 Å². The van der Waals surface area contributed by atoms with Gasteiger partial charge in [0.05, 0.1) is 11.9 Å². The molecule has 3 rings (SSSR count). The highest BCUT2D eigenvalue weighted by atomic mass is 16.3. The fraction of sp³-hybridized carbons (Fsp3) is 0.200. The molecular weight excluding hydrogens is 254 g/mol. The Labute approximate surface area is 116 Å². The molecule has 20 heavy (non-hydrogen) atoms. The quantitative estimate of drug-likeness (QED) is 0.823. The summed E-state index contributed by atoms with van der Waals surface area (Å²) < 4.78 is 0. The van der Waals surface area contributed by atoms with E-state index in [1.54, 1.807) is 29.2 Å². The zero-order valence-electron chi connectivity index (χ0n) is 10.9. The van der Waals surface area contributed by atoms with Crippen LogP contribution in [0.2, 0.25) is 0 Å². The van der Waals surface area contributed by atoms with Gasteiger partial charge in [0.25, 0.3) is 5.91 Å². The lowest BCUT2D eigenvalue weighted by Gasteiger charge is -2.28. The number of fused-ring (bicyclic) bond motifs is 1. The number of phenols is 1. The summed E-state index contributed by atoms with van der Waals surface area (Å²) in [6.07, 6.45) is 2.27. The lowest BCUT2D eigenvalue weighted by Crippen LogP contribution is -2.36. The smallest absolute Gasteiger partial charge is 0.272 e. The first-order valence-corrected chi connectivity index (χ1v) is 6.45. The maximum absolute atomic E-state index is 12.4. The van der Waals surface area contributed by atoms with Gasteiger partial charge in [0.1, 0.15) is 11.4 Å². The van der Waals surface area contributed by atoms with Crippen LogP contribution in [-0.4, -0.2) is 27.4 Å². The molecule has 2 heterocycles. The predicted molar refractivity (Wildman–Crippen MR) is 75.2 cm³/mol. The van der Waals surface area contributed by atoms with Gasteiger partial charge in [-0.25, -0.2) is 4.98 Å². The molecule has 0 unspecified atom stereocenters. The molecular formula is C15H15N3O2. The predicted octanol–water partition coefficient (Wildman–Crippen LogP) is 1.57. The molecule has 102 valence electrons. The third kappa shape index (κ3) is 2.30. The topological polar surface area (TPSA) is 79.5 Å². The van der Waals surface area contributed by atoms with Gasteiger partial charge in [0.15, 0.2) is 0 Å². The molecule has 3 N–H and O–H groups in total. The normalized spacial score (nSPS) is 13.9. The highest BCUT2D eigenvalue weighted by Crippen LogP contribution is 2.24. The molecule has 1 aliphatic rings. The Kier molecular flexibility index (Phi) is 3.02. The average Bonchev–Trinajstić information content (AvgIpc) is 2.46. The Morgan fingerprint density at radius 2 is 2.10 bits per heavy atom. The van der Waals surface area contributed by atoms with E-state index in [-0.39, 0.29) is 11.7 Å². The monoisotopic (exact) mass is 269 g/mol. The summed E-state index contributed by atoms with van der Waals surface area (Å²) in [5.74, 6) is 0.114. The number of carbonyl (C=O) groups excluding carboxylic acids is 1. The van der Waals surface area contributed by atoms with E-state index in [1.807, 2.05) is 6.07 Å². The van der Waals surface area contributed by atoms with Gasteiger partial charge in [0.2, 0.25) is 0 Å². The maximum Gasteiger partial charge on any atom is 0.272 e. The number of pyridine rings is 1. The number of hydrogen-bond acceptors (Lipinski definition) is 4. The van der Waals surface area contributed by atoms with E-state index in [0.29, 0.717) is 24.5 Å². The van der Waals surface area contributed by atoms with E-state index < -0.39 is 0 Å². The Hall–Kier alpha value is -2.56. The molecule has 0 radical (unpaired) electrons. The largest absolute Gasteiger partial charge is 0.508 e. The van der Waals surface area contributed by atoms with Crippen molar-refractivity contribution in [1.29, 1.82) is 0 Å². The molecule has 0 aliphatic carbocycles. The second-order valence-electron chi connectivity index (χ2n) is 4.91. The van der Waals surface area contributed by atoms with E-state index in [4.69, 9.17) is 5.73 Å². The van der Waals surface area contributed by atoms with Crippen LogP contribution in [0.4, 0.5) is 5.69 Å². The van der Waals surface area contributed by atoms with Gasteiger partial charge in [-0.15, -0.1) is 0 Å². The second kappa shape index (κ2) is 4.85. The minimum atomic E-state index is -0.112. The minimum Gasteiger partial charge on any atom is -0.508 e. The van der Waals surface area contributed by atoms with Gasteiger partial charge in [-0.05, 0) is 41.8 Å². The number of aromatic hydroxyl groups is 1. The number of nitrogens with two attached hydrogens (primary N) is 1.